The summed E-state index contributed by atoms with van der Waals surface area (Å²) in [6.45, 7) is 4.22. The maximum absolute atomic E-state index is 6.00. The lowest BCUT2D eigenvalue weighted by atomic mass is 10.1. The number of H-pyrrole nitrogens is 1. The number of nitrogens with zero attached hydrogens (tertiary/aromatic N) is 1. The van der Waals surface area contributed by atoms with Crippen molar-refractivity contribution in [2.24, 2.45) is 0 Å². The van der Waals surface area contributed by atoms with E-state index >= 15 is 0 Å². The second-order valence-electron chi connectivity index (χ2n) is 7.33. The zero-order valence-electron chi connectivity index (χ0n) is 17.4. The summed E-state index contributed by atoms with van der Waals surface area (Å²) in [5, 5.41) is 3.47. The molecule has 1 heterocycles. The number of aromatic amines is 1. The van der Waals surface area contributed by atoms with Crippen molar-refractivity contribution < 1.29 is 9.47 Å². The molecule has 154 valence electrons. The van der Waals surface area contributed by atoms with Crippen LogP contribution in [-0.2, 0) is 19.6 Å². The van der Waals surface area contributed by atoms with Gasteiger partial charge in [0, 0.05) is 19.5 Å². The minimum absolute atomic E-state index is 0.526. The highest BCUT2D eigenvalue weighted by Crippen LogP contribution is 2.29. The number of hydrogen-bond acceptors (Lipinski definition) is 4. The third-order valence-corrected chi connectivity index (χ3v) is 5.18. The first-order valence-electron chi connectivity index (χ1n) is 10.2. The molecule has 0 spiro atoms. The Balaban J connectivity index is 1.30. The molecular formula is C25H27N3O2. The van der Waals surface area contributed by atoms with E-state index in [1.807, 2.05) is 48.5 Å². The van der Waals surface area contributed by atoms with Crippen LogP contribution in [0.25, 0.3) is 11.0 Å². The lowest BCUT2D eigenvalue weighted by molar-refractivity contribution is 0.283. The molecule has 0 aliphatic carbocycles. The number of ether oxygens (including phenoxy) is 2. The average Bonchev–Trinajstić information content (AvgIpc) is 3.19. The van der Waals surface area contributed by atoms with E-state index in [-0.39, 0.29) is 0 Å². The number of benzene rings is 3. The van der Waals surface area contributed by atoms with E-state index in [0.717, 1.165) is 53.4 Å². The zero-order chi connectivity index (χ0) is 20.8. The largest absolute Gasteiger partial charge is 0.493 e. The summed E-state index contributed by atoms with van der Waals surface area (Å²) in [6, 6.07) is 22.4. The molecule has 30 heavy (non-hydrogen) atoms. The number of imidazole rings is 1. The Labute approximate surface area is 177 Å². The van der Waals surface area contributed by atoms with Gasteiger partial charge < -0.3 is 19.8 Å². The average molecular weight is 402 g/mol. The quantitative estimate of drug-likeness (QED) is 0.396. The van der Waals surface area contributed by atoms with Crippen LogP contribution in [0.4, 0.5) is 0 Å². The number of methoxy groups -OCH3 is 1. The summed E-state index contributed by atoms with van der Waals surface area (Å²) < 4.78 is 11.6. The van der Waals surface area contributed by atoms with E-state index in [2.05, 4.69) is 40.4 Å². The fourth-order valence-electron chi connectivity index (χ4n) is 3.43. The van der Waals surface area contributed by atoms with Crippen LogP contribution in [0, 0.1) is 6.92 Å². The predicted octanol–water partition coefficient (Wildman–Crippen LogP) is 4.79. The lowest BCUT2D eigenvalue weighted by Crippen LogP contribution is -2.17. The third-order valence-electron chi connectivity index (χ3n) is 5.18. The van der Waals surface area contributed by atoms with Gasteiger partial charge in [0.1, 0.15) is 12.4 Å². The smallest absolute Gasteiger partial charge is 0.161 e. The van der Waals surface area contributed by atoms with Crippen molar-refractivity contribution >= 4 is 11.0 Å². The normalized spacial score (nSPS) is 11.0. The van der Waals surface area contributed by atoms with Gasteiger partial charge in [0.25, 0.3) is 0 Å². The summed E-state index contributed by atoms with van der Waals surface area (Å²) >= 11 is 0. The van der Waals surface area contributed by atoms with Gasteiger partial charge in [-0.1, -0.05) is 42.5 Å². The van der Waals surface area contributed by atoms with Crippen LogP contribution in [0.5, 0.6) is 11.5 Å². The second kappa shape index (κ2) is 9.46. The summed E-state index contributed by atoms with van der Waals surface area (Å²) in [6.07, 6.45) is 0.851. The van der Waals surface area contributed by atoms with Crippen molar-refractivity contribution in [3.63, 3.8) is 0 Å². The monoisotopic (exact) mass is 401 g/mol. The molecule has 5 nitrogen and oxygen atoms in total. The standard InChI is InChI=1S/C25H27N3O2/c1-18-7-3-4-8-20(18)17-30-23-12-11-19(15-24(23)29-2)16-26-14-13-25-27-21-9-5-6-10-22(21)28-25/h3-12,15,26H,13-14,16-17H2,1-2H3,(H,27,28). The number of aromatic nitrogens is 2. The molecule has 0 saturated carbocycles. The minimum Gasteiger partial charge on any atom is -0.493 e. The topological polar surface area (TPSA) is 59.2 Å². The van der Waals surface area contributed by atoms with Gasteiger partial charge in [-0.15, -0.1) is 0 Å². The van der Waals surface area contributed by atoms with Crippen LogP contribution in [-0.4, -0.2) is 23.6 Å². The highest BCUT2D eigenvalue weighted by molar-refractivity contribution is 5.74. The van der Waals surface area contributed by atoms with Gasteiger partial charge in [0.05, 0.1) is 18.1 Å². The first-order chi connectivity index (χ1) is 14.7. The molecule has 0 atom stereocenters. The van der Waals surface area contributed by atoms with Crippen molar-refractivity contribution in [3.05, 3.63) is 89.2 Å². The summed E-state index contributed by atoms with van der Waals surface area (Å²) in [7, 11) is 1.68. The fourth-order valence-corrected chi connectivity index (χ4v) is 3.43. The summed E-state index contributed by atoms with van der Waals surface area (Å²) in [5.74, 6) is 2.51. The SMILES string of the molecule is COc1cc(CNCCc2nc3ccccc3[nH]2)ccc1OCc1ccccc1C. The van der Waals surface area contributed by atoms with E-state index in [1.165, 1.54) is 11.1 Å². The van der Waals surface area contributed by atoms with Gasteiger partial charge in [-0.25, -0.2) is 4.98 Å². The molecule has 0 aliphatic heterocycles. The minimum atomic E-state index is 0.526. The number of nitrogens with one attached hydrogen (secondary N) is 2. The van der Waals surface area contributed by atoms with Crippen LogP contribution in [0.2, 0.25) is 0 Å². The van der Waals surface area contributed by atoms with Crippen molar-refractivity contribution in [3.8, 4) is 11.5 Å². The first kappa shape index (κ1) is 20.0. The van der Waals surface area contributed by atoms with Crippen molar-refractivity contribution in [1.29, 1.82) is 0 Å². The Kier molecular flexibility index (Phi) is 6.30. The molecule has 0 aliphatic rings. The zero-order valence-corrected chi connectivity index (χ0v) is 17.4. The number of rotatable bonds is 9. The predicted molar refractivity (Wildman–Crippen MR) is 120 cm³/mol. The highest BCUT2D eigenvalue weighted by Gasteiger charge is 2.08. The molecule has 0 fully saturated rings. The third kappa shape index (κ3) is 4.81. The molecule has 0 amide bonds. The second-order valence-corrected chi connectivity index (χ2v) is 7.33. The Morgan fingerprint density at radius 1 is 0.967 bits per heavy atom. The molecule has 2 N–H and O–H groups in total. The van der Waals surface area contributed by atoms with E-state index in [4.69, 9.17) is 9.47 Å². The van der Waals surface area contributed by atoms with E-state index < -0.39 is 0 Å². The highest BCUT2D eigenvalue weighted by atomic mass is 16.5. The van der Waals surface area contributed by atoms with Gasteiger partial charge in [-0.3, -0.25) is 0 Å². The van der Waals surface area contributed by atoms with Crippen LogP contribution >= 0.6 is 0 Å². The molecule has 0 radical (unpaired) electrons. The number of aryl methyl sites for hydroxylation is 1. The molecule has 0 saturated heterocycles. The molecule has 5 heteroatoms. The number of fused-ring (bicyclic) bond motifs is 1. The van der Waals surface area contributed by atoms with Crippen molar-refractivity contribution in [2.75, 3.05) is 13.7 Å². The maximum Gasteiger partial charge on any atom is 0.161 e. The molecule has 4 rings (SSSR count). The Morgan fingerprint density at radius 2 is 1.80 bits per heavy atom. The van der Waals surface area contributed by atoms with E-state index in [0.29, 0.717) is 6.61 Å². The van der Waals surface area contributed by atoms with Crippen LogP contribution in [0.1, 0.15) is 22.5 Å². The van der Waals surface area contributed by atoms with Crippen LogP contribution < -0.4 is 14.8 Å². The van der Waals surface area contributed by atoms with E-state index in [1.54, 1.807) is 7.11 Å². The fraction of sp³-hybridized carbons (Fsp3) is 0.240. The van der Waals surface area contributed by atoms with Gasteiger partial charge in [-0.2, -0.15) is 0 Å². The van der Waals surface area contributed by atoms with Gasteiger partial charge in [0.15, 0.2) is 11.5 Å². The Morgan fingerprint density at radius 3 is 2.63 bits per heavy atom. The summed E-state index contributed by atoms with van der Waals surface area (Å²) in [5.41, 5.74) is 5.65. The molecule has 0 bridgehead atoms. The number of hydrogen-bond donors (Lipinski definition) is 2. The Hall–Kier alpha value is -3.31. The number of para-hydroxylation sites is 2. The molecule has 3 aromatic carbocycles. The van der Waals surface area contributed by atoms with Crippen LogP contribution in [0.15, 0.2) is 66.7 Å². The molecule has 0 unspecified atom stereocenters. The van der Waals surface area contributed by atoms with Crippen molar-refractivity contribution in [1.82, 2.24) is 15.3 Å². The van der Waals surface area contributed by atoms with Gasteiger partial charge >= 0.3 is 0 Å². The first-order valence-corrected chi connectivity index (χ1v) is 10.2. The molecular weight excluding hydrogens is 374 g/mol. The van der Waals surface area contributed by atoms with Crippen LogP contribution in [0.3, 0.4) is 0 Å². The Bertz CT molecular complexity index is 1090. The molecule has 4 aromatic rings. The van der Waals surface area contributed by atoms with Gasteiger partial charge in [0.2, 0.25) is 0 Å². The molecule has 1 aromatic heterocycles. The lowest BCUT2D eigenvalue weighted by Gasteiger charge is -2.13. The van der Waals surface area contributed by atoms with Gasteiger partial charge in [-0.05, 0) is 47.9 Å². The van der Waals surface area contributed by atoms with E-state index in [9.17, 15) is 0 Å². The van der Waals surface area contributed by atoms with Crippen molar-refractivity contribution in [2.45, 2.75) is 26.5 Å². The maximum atomic E-state index is 6.00. The summed E-state index contributed by atoms with van der Waals surface area (Å²) in [4.78, 5) is 7.98.